The minimum absolute atomic E-state index is 0.0249. The fraction of sp³-hybridized carbons (Fsp3) is 0.481. The number of halogens is 3. The molecule has 11 heteroatoms. The SMILES string of the molecule is O=C1CCC(N2Cc3cc(O[C@H]4CCC[C@H]4N4CC(c5ccc(C(F)(F)F)nc5)C4)ccc3C2=O)C(=O)N1. The molecule has 1 aromatic heterocycles. The zero-order chi connectivity index (χ0) is 26.6. The van der Waals surface area contributed by atoms with Crippen LogP contribution in [0.3, 0.4) is 0 Å². The van der Waals surface area contributed by atoms with Crippen LogP contribution in [-0.2, 0) is 22.3 Å². The standard InChI is InChI=1S/C27H27F3N4O4/c28-27(29,30)23-8-4-15(11-31-23)17-12-33(13-17)20-2-1-3-22(20)38-18-5-6-19-16(10-18)14-34(26(19)37)21-7-9-24(35)32-25(21)36/h4-6,8,10-11,17,20-22H,1-3,7,9,12-14H2,(H,32,35,36)/t20-,21?,22+/m1/s1. The number of nitrogens with zero attached hydrogens (tertiary/aromatic N) is 3. The Labute approximate surface area is 217 Å². The van der Waals surface area contributed by atoms with E-state index in [0.717, 1.165) is 49.5 Å². The number of amides is 3. The first-order valence-corrected chi connectivity index (χ1v) is 12.9. The number of benzene rings is 1. The quantitative estimate of drug-likeness (QED) is 0.600. The van der Waals surface area contributed by atoms with E-state index in [1.54, 1.807) is 12.1 Å². The summed E-state index contributed by atoms with van der Waals surface area (Å²) in [6.07, 6.45) is 0.289. The minimum Gasteiger partial charge on any atom is -0.489 e. The molecular weight excluding hydrogens is 501 g/mol. The summed E-state index contributed by atoms with van der Waals surface area (Å²) >= 11 is 0. The van der Waals surface area contributed by atoms with Gasteiger partial charge in [-0.05, 0) is 61.1 Å². The Morgan fingerprint density at radius 3 is 2.55 bits per heavy atom. The van der Waals surface area contributed by atoms with Gasteiger partial charge in [-0.3, -0.25) is 29.6 Å². The lowest BCUT2D eigenvalue weighted by Gasteiger charge is -2.45. The monoisotopic (exact) mass is 528 g/mol. The van der Waals surface area contributed by atoms with Crippen LogP contribution in [0, 0.1) is 0 Å². The summed E-state index contributed by atoms with van der Waals surface area (Å²) in [5.74, 6) is -0.156. The van der Waals surface area contributed by atoms with E-state index in [-0.39, 0.29) is 36.3 Å². The Hall–Kier alpha value is -3.47. The van der Waals surface area contributed by atoms with E-state index in [2.05, 4.69) is 15.2 Å². The molecule has 6 rings (SSSR count). The Balaban J connectivity index is 1.08. The summed E-state index contributed by atoms with van der Waals surface area (Å²) in [5, 5.41) is 2.31. The van der Waals surface area contributed by atoms with Gasteiger partial charge in [0.25, 0.3) is 5.91 Å². The molecule has 4 aliphatic rings. The van der Waals surface area contributed by atoms with Crippen LogP contribution in [0.25, 0.3) is 0 Å². The zero-order valence-corrected chi connectivity index (χ0v) is 20.5. The molecule has 0 spiro atoms. The number of likely N-dealkylation sites (tertiary alicyclic amines) is 1. The highest BCUT2D eigenvalue weighted by atomic mass is 19.4. The third kappa shape index (κ3) is 4.53. The number of piperidine rings is 1. The van der Waals surface area contributed by atoms with Gasteiger partial charge in [-0.15, -0.1) is 0 Å². The molecular formula is C27H27F3N4O4. The molecule has 2 aromatic rings. The predicted octanol–water partition coefficient (Wildman–Crippen LogP) is 3.26. The summed E-state index contributed by atoms with van der Waals surface area (Å²) in [6, 6.07) is 7.50. The smallest absolute Gasteiger partial charge is 0.433 e. The van der Waals surface area contributed by atoms with E-state index in [9.17, 15) is 27.6 Å². The van der Waals surface area contributed by atoms with Crippen LogP contribution in [0.4, 0.5) is 13.2 Å². The van der Waals surface area contributed by atoms with E-state index in [0.29, 0.717) is 24.3 Å². The number of carbonyl (C=O) groups excluding carboxylic acids is 3. The molecule has 1 unspecified atom stereocenters. The van der Waals surface area contributed by atoms with Gasteiger partial charge in [-0.2, -0.15) is 13.2 Å². The van der Waals surface area contributed by atoms with Gasteiger partial charge in [-0.25, -0.2) is 0 Å². The summed E-state index contributed by atoms with van der Waals surface area (Å²) in [6.45, 7) is 1.79. The topological polar surface area (TPSA) is 91.8 Å². The molecule has 8 nitrogen and oxygen atoms in total. The fourth-order valence-electron chi connectivity index (χ4n) is 6.07. The van der Waals surface area contributed by atoms with Crippen molar-refractivity contribution in [1.82, 2.24) is 20.1 Å². The van der Waals surface area contributed by atoms with Crippen molar-refractivity contribution in [1.29, 1.82) is 0 Å². The van der Waals surface area contributed by atoms with Gasteiger partial charge in [-0.1, -0.05) is 6.07 Å². The highest BCUT2D eigenvalue weighted by Crippen LogP contribution is 2.38. The molecule has 1 aliphatic carbocycles. The average molecular weight is 529 g/mol. The molecule has 3 aliphatic heterocycles. The van der Waals surface area contributed by atoms with Crippen molar-refractivity contribution in [3.63, 3.8) is 0 Å². The van der Waals surface area contributed by atoms with Crippen LogP contribution in [0.2, 0.25) is 0 Å². The van der Waals surface area contributed by atoms with Gasteiger partial charge in [0.05, 0.1) is 0 Å². The maximum Gasteiger partial charge on any atom is 0.433 e. The summed E-state index contributed by atoms with van der Waals surface area (Å²) < 4.78 is 44.8. The van der Waals surface area contributed by atoms with Gasteiger partial charge in [0.2, 0.25) is 11.8 Å². The molecule has 3 fully saturated rings. The molecule has 3 atom stereocenters. The molecule has 38 heavy (non-hydrogen) atoms. The number of ether oxygens (including phenoxy) is 1. The number of hydrogen-bond donors (Lipinski definition) is 1. The molecule has 0 bridgehead atoms. The Bertz CT molecular complexity index is 1280. The maximum atomic E-state index is 12.9. The summed E-state index contributed by atoms with van der Waals surface area (Å²) in [4.78, 5) is 44.1. The number of pyridine rings is 1. The van der Waals surface area contributed by atoms with Crippen LogP contribution in [0.15, 0.2) is 36.5 Å². The molecule has 1 saturated carbocycles. The maximum absolute atomic E-state index is 12.9. The van der Waals surface area contributed by atoms with Crippen LogP contribution >= 0.6 is 0 Å². The van der Waals surface area contributed by atoms with Crippen molar-refractivity contribution in [3.05, 3.63) is 58.9 Å². The Morgan fingerprint density at radius 1 is 1.03 bits per heavy atom. The lowest BCUT2D eigenvalue weighted by atomic mass is 9.90. The lowest BCUT2D eigenvalue weighted by Crippen LogP contribution is -2.54. The van der Waals surface area contributed by atoms with Crippen LogP contribution in [0.1, 0.15) is 65.2 Å². The molecule has 1 N–H and O–H groups in total. The van der Waals surface area contributed by atoms with Crippen molar-refractivity contribution < 1.29 is 32.3 Å². The second-order valence-electron chi connectivity index (χ2n) is 10.5. The van der Waals surface area contributed by atoms with Crippen LogP contribution < -0.4 is 10.1 Å². The van der Waals surface area contributed by atoms with Gasteiger partial charge in [0.15, 0.2) is 0 Å². The van der Waals surface area contributed by atoms with Crippen molar-refractivity contribution in [3.8, 4) is 5.75 Å². The number of carbonyl (C=O) groups is 3. The van der Waals surface area contributed by atoms with Crippen molar-refractivity contribution >= 4 is 17.7 Å². The number of fused-ring (bicyclic) bond motifs is 1. The summed E-state index contributed by atoms with van der Waals surface area (Å²) in [7, 11) is 0. The van der Waals surface area contributed by atoms with E-state index in [1.165, 1.54) is 17.2 Å². The largest absolute Gasteiger partial charge is 0.489 e. The third-order valence-corrected chi connectivity index (χ3v) is 8.13. The molecule has 4 heterocycles. The number of nitrogens with one attached hydrogen (secondary N) is 1. The average Bonchev–Trinajstić information content (AvgIpc) is 3.42. The van der Waals surface area contributed by atoms with E-state index >= 15 is 0 Å². The normalized spacial score (nSPS) is 26.3. The van der Waals surface area contributed by atoms with Gasteiger partial charge < -0.3 is 9.64 Å². The number of imide groups is 1. The van der Waals surface area contributed by atoms with Gasteiger partial charge in [0.1, 0.15) is 23.6 Å². The Morgan fingerprint density at radius 2 is 1.84 bits per heavy atom. The van der Waals surface area contributed by atoms with Crippen molar-refractivity contribution in [2.45, 2.75) is 68.9 Å². The highest BCUT2D eigenvalue weighted by molar-refractivity contribution is 6.05. The molecule has 2 saturated heterocycles. The first-order chi connectivity index (χ1) is 18.2. The predicted molar refractivity (Wildman–Crippen MR) is 128 cm³/mol. The van der Waals surface area contributed by atoms with Crippen molar-refractivity contribution in [2.24, 2.45) is 0 Å². The third-order valence-electron chi connectivity index (χ3n) is 8.13. The van der Waals surface area contributed by atoms with E-state index in [4.69, 9.17) is 4.74 Å². The second-order valence-corrected chi connectivity index (χ2v) is 10.5. The molecule has 200 valence electrons. The molecule has 0 radical (unpaired) electrons. The minimum atomic E-state index is -4.44. The van der Waals surface area contributed by atoms with Crippen LogP contribution in [-0.4, -0.2) is 63.8 Å². The second kappa shape index (κ2) is 9.37. The number of aromatic nitrogens is 1. The first kappa shape index (κ1) is 24.8. The zero-order valence-electron chi connectivity index (χ0n) is 20.5. The highest BCUT2D eigenvalue weighted by Gasteiger charge is 2.42. The summed E-state index contributed by atoms with van der Waals surface area (Å²) in [5.41, 5.74) is 1.28. The van der Waals surface area contributed by atoms with Gasteiger partial charge in [0, 0.05) is 49.8 Å². The number of alkyl halides is 3. The molecule has 1 aromatic carbocycles. The Kier molecular flexibility index (Phi) is 6.13. The number of hydrogen-bond acceptors (Lipinski definition) is 6. The molecule has 3 amide bonds. The first-order valence-electron chi connectivity index (χ1n) is 12.9. The fourth-order valence-corrected chi connectivity index (χ4v) is 6.07. The van der Waals surface area contributed by atoms with E-state index < -0.39 is 23.8 Å². The number of rotatable bonds is 5. The lowest BCUT2D eigenvalue weighted by molar-refractivity contribution is -0.141. The van der Waals surface area contributed by atoms with Crippen LogP contribution in [0.5, 0.6) is 5.75 Å². The van der Waals surface area contributed by atoms with Crippen molar-refractivity contribution in [2.75, 3.05) is 13.1 Å². The van der Waals surface area contributed by atoms with E-state index in [1.807, 2.05) is 6.07 Å². The van der Waals surface area contributed by atoms with Gasteiger partial charge >= 0.3 is 6.18 Å².